The van der Waals surface area contributed by atoms with Crippen LogP contribution in [0.1, 0.15) is 24.5 Å². The Hall–Kier alpha value is -1.07. The van der Waals surface area contributed by atoms with E-state index < -0.39 is 11.7 Å². The summed E-state index contributed by atoms with van der Waals surface area (Å²) in [5.74, 6) is 0. The van der Waals surface area contributed by atoms with E-state index in [2.05, 4.69) is 0 Å². The highest BCUT2D eigenvalue weighted by molar-refractivity contribution is 5.26. The molecule has 0 amide bonds. The van der Waals surface area contributed by atoms with Gasteiger partial charge in [0.1, 0.15) is 0 Å². The van der Waals surface area contributed by atoms with Gasteiger partial charge in [0.2, 0.25) is 0 Å². The highest BCUT2D eigenvalue weighted by atomic mass is 19.4. The normalized spacial score (nSPS) is 27.7. The van der Waals surface area contributed by atoms with Crippen LogP contribution in [0.25, 0.3) is 0 Å². The maximum Gasteiger partial charge on any atom is 0.416 e. The zero-order valence-corrected chi connectivity index (χ0v) is 10.8. The highest BCUT2D eigenvalue weighted by Crippen LogP contribution is 2.38. The maximum atomic E-state index is 12.5. The van der Waals surface area contributed by atoms with E-state index in [1.807, 2.05) is 6.92 Å². The van der Waals surface area contributed by atoms with Gasteiger partial charge in [0.05, 0.1) is 11.7 Å². The van der Waals surface area contributed by atoms with Crippen LogP contribution < -0.4 is 5.73 Å². The molecule has 0 saturated carbocycles. The van der Waals surface area contributed by atoms with E-state index in [1.165, 1.54) is 12.1 Å². The fourth-order valence-corrected chi connectivity index (χ4v) is 2.61. The minimum Gasteiger partial charge on any atom is -0.378 e. The lowest BCUT2D eigenvalue weighted by atomic mass is 9.76. The molecule has 106 valence electrons. The number of benzene rings is 1. The Morgan fingerprint density at radius 2 is 1.95 bits per heavy atom. The Bertz CT molecular complexity index is 429. The first kappa shape index (κ1) is 14.3. The molecular weight excluding hydrogens is 255 g/mol. The molecule has 0 bridgehead atoms. The molecule has 2 N–H and O–H groups in total. The summed E-state index contributed by atoms with van der Waals surface area (Å²) >= 11 is 0. The summed E-state index contributed by atoms with van der Waals surface area (Å²) in [6.07, 6.45) is -2.73. The van der Waals surface area contributed by atoms with Crippen molar-refractivity contribution in [1.29, 1.82) is 0 Å². The van der Waals surface area contributed by atoms with E-state index >= 15 is 0 Å². The number of nitrogens with two attached hydrogens (primary N) is 1. The first-order valence-corrected chi connectivity index (χ1v) is 6.35. The minimum absolute atomic E-state index is 0.0415. The summed E-state index contributed by atoms with van der Waals surface area (Å²) in [4.78, 5) is 0. The van der Waals surface area contributed by atoms with Gasteiger partial charge in [-0.1, -0.05) is 12.1 Å². The number of hydrogen-bond acceptors (Lipinski definition) is 2. The second kappa shape index (κ2) is 5.13. The molecule has 0 radical (unpaired) electrons. The second-order valence-electron chi connectivity index (χ2n) is 5.20. The van der Waals surface area contributed by atoms with Crippen molar-refractivity contribution in [1.82, 2.24) is 0 Å². The molecule has 0 spiro atoms. The van der Waals surface area contributed by atoms with Crippen LogP contribution in [-0.4, -0.2) is 19.3 Å². The molecule has 1 aromatic rings. The van der Waals surface area contributed by atoms with Gasteiger partial charge in [-0.3, -0.25) is 0 Å². The van der Waals surface area contributed by atoms with Crippen LogP contribution >= 0.6 is 0 Å². The van der Waals surface area contributed by atoms with Crippen LogP contribution in [0.5, 0.6) is 0 Å². The molecule has 1 aliphatic heterocycles. The summed E-state index contributed by atoms with van der Waals surface area (Å²) < 4.78 is 43.0. The van der Waals surface area contributed by atoms with Gasteiger partial charge in [-0.25, -0.2) is 0 Å². The summed E-state index contributed by atoms with van der Waals surface area (Å²) in [6, 6.07) is 5.32. The number of rotatable bonds is 3. The Balaban J connectivity index is 2.15. The van der Waals surface area contributed by atoms with Crippen LogP contribution in [-0.2, 0) is 17.3 Å². The van der Waals surface area contributed by atoms with Crippen molar-refractivity contribution in [3.05, 3.63) is 35.4 Å². The van der Waals surface area contributed by atoms with Gasteiger partial charge in [-0.05, 0) is 37.5 Å². The standard InChI is InChI=1S/C14H18F3NO/c1-10-13(9-18,6-7-19-10)8-11-2-4-12(5-3-11)14(15,16)17/h2-5,10H,6-9,18H2,1H3. The van der Waals surface area contributed by atoms with E-state index in [-0.39, 0.29) is 11.5 Å². The molecule has 1 aromatic carbocycles. The Kier molecular flexibility index (Phi) is 3.87. The quantitative estimate of drug-likeness (QED) is 0.918. The fraction of sp³-hybridized carbons (Fsp3) is 0.571. The van der Waals surface area contributed by atoms with Crippen molar-refractivity contribution in [2.45, 2.75) is 32.0 Å². The molecule has 0 aromatic heterocycles. The number of hydrogen-bond donors (Lipinski definition) is 1. The summed E-state index contributed by atoms with van der Waals surface area (Å²) in [5, 5.41) is 0. The first-order valence-electron chi connectivity index (χ1n) is 6.35. The average molecular weight is 273 g/mol. The van der Waals surface area contributed by atoms with Crippen molar-refractivity contribution >= 4 is 0 Å². The topological polar surface area (TPSA) is 35.2 Å². The smallest absolute Gasteiger partial charge is 0.378 e. The van der Waals surface area contributed by atoms with E-state index in [0.717, 1.165) is 24.1 Å². The van der Waals surface area contributed by atoms with Crippen LogP contribution in [0.4, 0.5) is 13.2 Å². The largest absolute Gasteiger partial charge is 0.416 e. The van der Waals surface area contributed by atoms with E-state index in [0.29, 0.717) is 19.6 Å². The third kappa shape index (κ3) is 2.92. The number of ether oxygens (including phenoxy) is 1. The van der Waals surface area contributed by atoms with Gasteiger partial charge >= 0.3 is 6.18 Å². The van der Waals surface area contributed by atoms with Crippen LogP contribution in [0.3, 0.4) is 0 Å². The van der Waals surface area contributed by atoms with Gasteiger partial charge < -0.3 is 10.5 Å². The van der Waals surface area contributed by atoms with Crippen LogP contribution in [0.2, 0.25) is 0 Å². The van der Waals surface area contributed by atoms with Gasteiger partial charge in [-0.2, -0.15) is 13.2 Å². The summed E-state index contributed by atoms with van der Waals surface area (Å²) in [6.45, 7) is 3.12. The predicted octanol–water partition coefficient (Wildman–Crippen LogP) is 3.00. The molecule has 2 nitrogen and oxygen atoms in total. The number of halogens is 3. The molecule has 5 heteroatoms. The molecule has 19 heavy (non-hydrogen) atoms. The van der Waals surface area contributed by atoms with Crippen molar-refractivity contribution in [2.75, 3.05) is 13.2 Å². The molecule has 0 aliphatic carbocycles. The average Bonchev–Trinajstić information content (AvgIpc) is 2.71. The molecule has 1 heterocycles. The van der Waals surface area contributed by atoms with Gasteiger partial charge in [-0.15, -0.1) is 0 Å². The highest BCUT2D eigenvalue weighted by Gasteiger charge is 2.40. The molecule has 1 fully saturated rings. The zero-order valence-electron chi connectivity index (χ0n) is 10.8. The van der Waals surface area contributed by atoms with Crippen molar-refractivity contribution < 1.29 is 17.9 Å². The third-order valence-electron chi connectivity index (χ3n) is 4.07. The van der Waals surface area contributed by atoms with E-state index in [4.69, 9.17) is 10.5 Å². The number of alkyl halides is 3. The second-order valence-corrected chi connectivity index (χ2v) is 5.20. The molecule has 1 aliphatic rings. The summed E-state index contributed by atoms with van der Waals surface area (Å²) in [7, 11) is 0. The molecule has 2 atom stereocenters. The van der Waals surface area contributed by atoms with Gasteiger partial charge in [0.25, 0.3) is 0 Å². The van der Waals surface area contributed by atoms with Crippen LogP contribution in [0, 0.1) is 5.41 Å². The van der Waals surface area contributed by atoms with Crippen molar-refractivity contribution in [3.63, 3.8) is 0 Å². The minimum atomic E-state index is -4.28. The molecular formula is C14H18F3NO. The lowest BCUT2D eigenvalue weighted by Crippen LogP contribution is -2.38. The van der Waals surface area contributed by atoms with Gasteiger partial charge in [0.15, 0.2) is 0 Å². The third-order valence-corrected chi connectivity index (χ3v) is 4.07. The lowest BCUT2D eigenvalue weighted by Gasteiger charge is -2.31. The monoisotopic (exact) mass is 273 g/mol. The zero-order chi connectivity index (χ0) is 14.1. The van der Waals surface area contributed by atoms with Gasteiger partial charge in [0, 0.05) is 18.6 Å². The lowest BCUT2D eigenvalue weighted by molar-refractivity contribution is -0.137. The Morgan fingerprint density at radius 1 is 1.32 bits per heavy atom. The fourth-order valence-electron chi connectivity index (χ4n) is 2.61. The van der Waals surface area contributed by atoms with Crippen molar-refractivity contribution in [3.8, 4) is 0 Å². The van der Waals surface area contributed by atoms with E-state index in [1.54, 1.807) is 0 Å². The van der Waals surface area contributed by atoms with Crippen molar-refractivity contribution in [2.24, 2.45) is 11.1 Å². The van der Waals surface area contributed by atoms with Crippen LogP contribution in [0.15, 0.2) is 24.3 Å². The molecule has 1 saturated heterocycles. The molecule has 2 unspecified atom stereocenters. The Morgan fingerprint density at radius 3 is 2.37 bits per heavy atom. The van der Waals surface area contributed by atoms with E-state index in [9.17, 15) is 13.2 Å². The maximum absolute atomic E-state index is 12.5. The predicted molar refractivity (Wildman–Crippen MR) is 66.7 cm³/mol. The SMILES string of the molecule is CC1OCCC1(CN)Cc1ccc(C(F)(F)F)cc1. The first-order chi connectivity index (χ1) is 8.87. The summed E-state index contributed by atoms with van der Waals surface area (Å²) in [5.41, 5.74) is 5.95. The Labute approximate surface area is 110 Å². The molecule has 2 rings (SSSR count).